The quantitative estimate of drug-likeness (QED) is 0.548. The summed E-state index contributed by atoms with van der Waals surface area (Å²) in [4.78, 5) is 15.6. The monoisotopic (exact) mass is 490 g/mol. The molecule has 1 fully saturated rings. The van der Waals surface area contributed by atoms with E-state index in [0.29, 0.717) is 31.7 Å². The van der Waals surface area contributed by atoms with Crippen LogP contribution in [0.1, 0.15) is 46.8 Å². The van der Waals surface area contributed by atoms with E-state index < -0.39 is 10.0 Å². The number of ether oxygens (including phenoxy) is 1. The van der Waals surface area contributed by atoms with Crippen molar-refractivity contribution in [2.45, 2.75) is 43.4 Å². The first-order valence-corrected chi connectivity index (χ1v) is 13.4. The number of benzene rings is 3. The van der Waals surface area contributed by atoms with Crippen molar-refractivity contribution in [1.82, 2.24) is 9.21 Å². The molecule has 182 valence electrons. The molecule has 1 amide bonds. The molecule has 3 aromatic rings. The fraction of sp³-hybridized carbons (Fsp3) is 0.321. The summed E-state index contributed by atoms with van der Waals surface area (Å²) in [5.41, 5.74) is 3.88. The molecule has 3 atom stereocenters. The molecule has 5 rings (SSSR count). The molecule has 6 nitrogen and oxygen atoms in total. The van der Waals surface area contributed by atoms with Crippen LogP contribution in [0.3, 0.4) is 0 Å². The number of carbonyl (C=O) groups excluding carboxylic acids is 1. The Balaban J connectivity index is 1.44. The second kappa shape index (κ2) is 9.57. The summed E-state index contributed by atoms with van der Waals surface area (Å²) in [6.07, 6.45) is -0.358. The molecule has 2 aliphatic rings. The van der Waals surface area contributed by atoms with Gasteiger partial charge >= 0.3 is 0 Å². The van der Waals surface area contributed by atoms with E-state index in [2.05, 4.69) is 24.3 Å². The minimum absolute atomic E-state index is 0.0633. The topological polar surface area (TPSA) is 66.9 Å². The highest BCUT2D eigenvalue weighted by atomic mass is 32.2. The van der Waals surface area contributed by atoms with Gasteiger partial charge in [0.1, 0.15) is 0 Å². The van der Waals surface area contributed by atoms with E-state index in [-0.39, 0.29) is 28.9 Å². The van der Waals surface area contributed by atoms with Crippen LogP contribution in [-0.4, -0.2) is 55.4 Å². The molecule has 3 aromatic carbocycles. The Bertz CT molecular complexity index is 1320. The van der Waals surface area contributed by atoms with Crippen LogP contribution in [0.15, 0.2) is 83.8 Å². The zero-order valence-electron chi connectivity index (χ0n) is 20.0. The number of hydrogen-bond acceptors (Lipinski definition) is 4. The van der Waals surface area contributed by atoms with Gasteiger partial charge in [0.2, 0.25) is 10.0 Å². The highest BCUT2D eigenvalue weighted by Crippen LogP contribution is 2.34. The molecule has 0 bridgehead atoms. The number of rotatable bonds is 4. The van der Waals surface area contributed by atoms with Crippen LogP contribution in [0.5, 0.6) is 0 Å². The van der Waals surface area contributed by atoms with Crippen molar-refractivity contribution < 1.29 is 17.9 Å². The maximum Gasteiger partial charge on any atom is 0.254 e. The van der Waals surface area contributed by atoms with E-state index in [0.717, 1.165) is 11.1 Å². The van der Waals surface area contributed by atoms with Crippen molar-refractivity contribution >= 4 is 15.9 Å². The van der Waals surface area contributed by atoms with Gasteiger partial charge in [0.25, 0.3) is 5.91 Å². The molecule has 0 saturated carbocycles. The highest BCUT2D eigenvalue weighted by Gasteiger charge is 2.34. The van der Waals surface area contributed by atoms with Gasteiger partial charge in [-0.2, -0.15) is 4.31 Å². The molecule has 0 unspecified atom stereocenters. The first kappa shape index (κ1) is 23.7. The molecule has 0 aliphatic carbocycles. The Hall–Kier alpha value is -3.00. The molecule has 0 aromatic heterocycles. The van der Waals surface area contributed by atoms with E-state index in [1.807, 2.05) is 49.1 Å². The van der Waals surface area contributed by atoms with Crippen LogP contribution >= 0.6 is 0 Å². The van der Waals surface area contributed by atoms with Crippen molar-refractivity contribution in [3.05, 3.63) is 101 Å². The third-order valence-electron chi connectivity index (χ3n) is 6.79. The average Bonchev–Trinajstić information content (AvgIpc) is 2.87. The van der Waals surface area contributed by atoms with Crippen LogP contribution in [0.4, 0.5) is 0 Å². The maximum atomic E-state index is 13.6. The summed E-state index contributed by atoms with van der Waals surface area (Å²) in [7, 11) is -3.73. The fourth-order valence-electron chi connectivity index (χ4n) is 5.18. The van der Waals surface area contributed by atoms with Gasteiger partial charge in [0.15, 0.2) is 0 Å². The summed E-state index contributed by atoms with van der Waals surface area (Å²) in [5.74, 6) is -0.102. The lowest BCUT2D eigenvalue weighted by molar-refractivity contribution is -0.0440. The van der Waals surface area contributed by atoms with Crippen molar-refractivity contribution in [2.75, 3.05) is 19.6 Å². The number of morpholine rings is 1. The van der Waals surface area contributed by atoms with Gasteiger partial charge in [-0.15, -0.1) is 0 Å². The molecule has 2 heterocycles. The third kappa shape index (κ3) is 4.76. The Morgan fingerprint density at radius 1 is 0.857 bits per heavy atom. The summed E-state index contributed by atoms with van der Waals surface area (Å²) < 4.78 is 33.9. The maximum absolute atomic E-state index is 13.6. The van der Waals surface area contributed by atoms with Gasteiger partial charge in [0.05, 0.1) is 17.1 Å². The third-order valence-corrected chi connectivity index (χ3v) is 8.62. The smallest absolute Gasteiger partial charge is 0.254 e. The molecule has 0 spiro atoms. The number of nitrogens with zero attached hydrogens (tertiary/aromatic N) is 2. The highest BCUT2D eigenvalue weighted by molar-refractivity contribution is 7.89. The second-order valence-corrected chi connectivity index (χ2v) is 11.4. The number of hydrogen-bond donors (Lipinski definition) is 0. The van der Waals surface area contributed by atoms with Gasteiger partial charge in [-0.05, 0) is 48.7 Å². The number of fused-ring (bicyclic) bond motifs is 1. The van der Waals surface area contributed by atoms with Crippen molar-refractivity contribution in [1.29, 1.82) is 0 Å². The molecule has 1 saturated heterocycles. The zero-order chi connectivity index (χ0) is 24.6. The van der Waals surface area contributed by atoms with E-state index in [4.69, 9.17) is 4.74 Å². The number of amides is 1. The summed E-state index contributed by atoms with van der Waals surface area (Å²) >= 11 is 0. The van der Waals surface area contributed by atoms with Crippen LogP contribution in [0.2, 0.25) is 0 Å². The minimum atomic E-state index is -3.73. The normalized spacial score (nSPS) is 23.0. The van der Waals surface area contributed by atoms with Gasteiger partial charge in [-0.1, -0.05) is 60.7 Å². The standard InChI is InChI=1S/C28H30N2O4S/c1-20-16-30(17-21(2)34-20)35(32,33)25-13-8-12-23(15-25)28(31)29-18-24-11-6-7-14-26(24)27(19-29)22-9-4-3-5-10-22/h3-15,20-21,27H,16-19H2,1-2H3/t20-,21-,27-/m1/s1. The molecular formula is C28H30N2O4S. The van der Waals surface area contributed by atoms with Crippen LogP contribution in [-0.2, 0) is 21.3 Å². The zero-order valence-corrected chi connectivity index (χ0v) is 20.8. The van der Waals surface area contributed by atoms with Crippen molar-refractivity contribution in [3.63, 3.8) is 0 Å². The first-order chi connectivity index (χ1) is 16.8. The van der Waals surface area contributed by atoms with Gasteiger partial charge < -0.3 is 9.64 Å². The van der Waals surface area contributed by atoms with E-state index in [1.54, 1.807) is 18.2 Å². The van der Waals surface area contributed by atoms with Gasteiger partial charge in [-0.25, -0.2) is 8.42 Å². The predicted molar refractivity (Wildman–Crippen MR) is 135 cm³/mol. The van der Waals surface area contributed by atoms with Crippen LogP contribution in [0.25, 0.3) is 0 Å². The van der Waals surface area contributed by atoms with Gasteiger partial charge in [0, 0.05) is 37.7 Å². The lowest BCUT2D eigenvalue weighted by Gasteiger charge is -2.35. The SMILES string of the molecule is C[C@@H]1CN(S(=O)(=O)c2cccc(C(=O)N3Cc4ccccc4[C@@H](c4ccccc4)C3)c2)C[C@@H](C)O1. The number of carbonyl (C=O) groups is 1. The van der Waals surface area contributed by atoms with Crippen molar-refractivity contribution in [2.24, 2.45) is 0 Å². The van der Waals surface area contributed by atoms with E-state index in [9.17, 15) is 13.2 Å². The largest absolute Gasteiger partial charge is 0.373 e. The molecule has 0 radical (unpaired) electrons. The van der Waals surface area contributed by atoms with E-state index in [1.165, 1.54) is 15.9 Å². The Labute approximate surface area is 207 Å². The molecule has 35 heavy (non-hydrogen) atoms. The van der Waals surface area contributed by atoms with E-state index >= 15 is 0 Å². The molecular weight excluding hydrogens is 460 g/mol. The molecule has 0 N–H and O–H groups in total. The predicted octanol–water partition coefficient (Wildman–Crippen LogP) is 4.27. The van der Waals surface area contributed by atoms with Crippen LogP contribution < -0.4 is 0 Å². The lowest BCUT2D eigenvalue weighted by atomic mass is 9.84. The lowest BCUT2D eigenvalue weighted by Crippen LogP contribution is -2.48. The molecule has 2 aliphatic heterocycles. The van der Waals surface area contributed by atoms with Gasteiger partial charge in [-0.3, -0.25) is 4.79 Å². The molecule has 7 heteroatoms. The second-order valence-electron chi connectivity index (χ2n) is 9.45. The summed E-state index contributed by atoms with van der Waals surface area (Å²) in [5, 5.41) is 0. The van der Waals surface area contributed by atoms with Crippen molar-refractivity contribution in [3.8, 4) is 0 Å². The Morgan fingerprint density at radius 3 is 2.29 bits per heavy atom. The average molecular weight is 491 g/mol. The fourth-order valence-corrected chi connectivity index (χ4v) is 6.82. The summed E-state index contributed by atoms with van der Waals surface area (Å²) in [6, 6.07) is 24.8. The summed E-state index contributed by atoms with van der Waals surface area (Å²) in [6.45, 7) is 5.37. The minimum Gasteiger partial charge on any atom is -0.373 e. The first-order valence-electron chi connectivity index (χ1n) is 12.0. The number of sulfonamides is 1. The Kier molecular flexibility index (Phi) is 6.49. The Morgan fingerprint density at radius 2 is 1.54 bits per heavy atom. The van der Waals surface area contributed by atoms with Crippen LogP contribution in [0, 0.1) is 0 Å².